The molecule has 1 aliphatic carbocycles. The number of halogens is 2. The van der Waals surface area contributed by atoms with E-state index in [0.29, 0.717) is 22.6 Å². The lowest BCUT2D eigenvalue weighted by Crippen LogP contribution is -2.53. The Balaban J connectivity index is 0.00000208. The quantitative estimate of drug-likeness (QED) is 0.746. The van der Waals surface area contributed by atoms with Gasteiger partial charge in [-0.1, -0.05) is 11.6 Å². The summed E-state index contributed by atoms with van der Waals surface area (Å²) in [5.74, 6) is 0.588. The summed E-state index contributed by atoms with van der Waals surface area (Å²) >= 11 is 6.23. The number of hydrogen-bond acceptors (Lipinski definition) is 4. The Morgan fingerprint density at radius 1 is 1.38 bits per heavy atom. The first-order valence-electron chi connectivity index (χ1n) is 8.36. The fourth-order valence-corrected chi connectivity index (χ4v) is 3.94. The first-order valence-corrected chi connectivity index (χ1v) is 8.74. The molecular formula is C16H26Cl2N4O2. The van der Waals surface area contributed by atoms with Gasteiger partial charge in [0.2, 0.25) is 0 Å². The summed E-state index contributed by atoms with van der Waals surface area (Å²) in [4.78, 5) is 12.7. The van der Waals surface area contributed by atoms with E-state index in [-0.39, 0.29) is 30.5 Å². The zero-order valence-electron chi connectivity index (χ0n) is 14.1. The van der Waals surface area contributed by atoms with E-state index in [1.165, 1.54) is 0 Å². The summed E-state index contributed by atoms with van der Waals surface area (Å²) in [5, 5.41) is 20.8. The number of carbonyl (C=O) groups excluding carboxylic acids is 1. The zero-order chi connectivity index (χ0) is 16.6. The van der Waals surface area contributed by atoms with E-state index in [9.17, 15) is 9.90 Å². The van der Waals surface area contributed by atoms with Crippen molar-refractivity contribution in [3.63, 3.8) is 0 Å². The van der Waals surface area contributed by atoms with Crippen LogP contribution in [0, 0.1) is 18.8 Å². The van der Waals surface area contributed by atoms with Crippen LogP contribution in [0.5, 0.6) is 0 Å². The largest absolute Gasteiger partial charge is 0.393 e. The summed E-state index contributed by atoms with van der Waals surface area (Å²) in [5.41, 5.74) is 1.08. The molecule has 1 saturated carbocycles. The Labute approximate surface area is 153 Å². The number of aryl methyl sites for hydroxylation is 1. The highest BCUT2D eigenvalue weighted by Gasteiger charge is 2.39. The van der Waals surface area contributed by atoms with Crippen LogP contribution in [0.2, 0.25) is 5.02 Å². The zero-order valence-corrected chi connectivity index (χ0v) is 15.7. The molecule has 3 N–H and O–H groups in total. The topological polar surface area (TPSA) is 79.2 Å². The average molecular weight is 377 g/mol. The summed E-state index contributed by atoms with van der Waals surface area (Å²) in [6, 6.07) is 0.0892. The number of nitrogens with one attached hydrogen (secondary N) is 2. The number of nitrogens with zero attached hydrogens (tertiary/aromatic N) is 2. The monoisotopic (exact) mass is 376 g/mol. The lowest BCUT2D eigenvalue weighted by molar-refractivity contribution is 0.00912. The maximum absolute atomic E-state index is 12.7. The normalized spacial score (nSPS) is 25.5. The van der Waals surface area contributed by atoms with E-state index in [2.05, 4.69) is 15.7 Å². The number of rotatable bonds is 4. The minimum Gasteiger partial charge on any atom is -0.393 e. The van der Waals surface area contributed by atoms with E-state index in [1.807, 2.05) is 6.92 Å². The number of amides is 1. The minimum absolute atomic E-state index is 0. The van der Waals surface area contributed by atoms with Gasteiger partial charge < -0.3 is 15.7 Å². The Morgan fingerprint density at radius 3 is 2.50 bits per heavy atom. The summed E-state index contributed by atoms with van der Waals surface area (Å²) in [6.07, 6.45) is 3.41. The standard InChI is InChI=1S/C16H25ClN4O2.ClH/c1-9-13(17)15(20-21(9)2)16(23)19-14(11-7-12(22)8-11)10-3-5-18-6-4-10;/h10-12,14,18,22H,3-8H2,1-2H3,(H,19,23);1H. The molecule has 1 amide bonds. The van der Waals surface area contributed by atoms with Gasteiger partial charge in [-0.15, -0.1) is 12.4 Å². The lowest BCUT2D eigenvalue weighted by atomic mass is 9.71. The molecule has 2 fully saturated rings. The number of aromatic nitrogens is 2. The Hall–Kier alpha value is -0.820. The SMILES string of the molecule is Cc1c(Cl)c(C(=O)NC(C2CCNCC2)C2CC(O)C2)nn1C.Cl. The second-order valence-electron chi connectivity index (χ2n) is 6.84. The molecule has 136 valence electrons. The third-order valence-corrected chi connectivity index (χ3v) is 5.78. The van der Waals surface area contributed by atoms with Crippen molar-refractivity contribution in [1.82, 2.24) is 20.4 Å². The van der Waals surface area contributed by atoms with Crippen molar-refractivity contribution in [3.8, 4) is 0 Å². The highest BCUT2D eigenvalue weighted by Crippen LogP contribution is 2.36. The van der Waals surface area contributed by atoms with Crippen LogP contribution in [0.15, 0.2) is 0 Å². The number of piperidine rings is 1. The maximum Gasteiger partial charge on any atom is 0.273 e. The van der Waals surface area contributed by atoms with E-state index < -0.39 is 0 Å². The molecule has 3 rings (SSSR count). The van der Waals surface area contributed by atoms with Crippen LogP contribution < -0.4 is 10.6 Å². The van der Waals surface area contributed by atoms with Gasteiger partial charge in [0.05, 0.1) is 16.8 Å². The second kappa shape index (κ2) is 8.04. The van der Waals surface area contributed by atoms with Gasteiger partial charge in [0.15, 0.2) is 5.69 Å². The van der Waals surface area contributed by atoms with Crippen LogP contribution in [0.3, 0.4) is 0 Å². The van der Waals surface area contributed by atoms with Crippen molar-refractivity contribution in [2.24, 2.45) is 18.9 Å². The number of aliphatic hydroxyl groups is 1. The Morgan fingerprint density at radius 2 is 2.00 bits per heavy atom. The molecule has 1 atom stereocenters. The summed E-state index contributed by atoms with van der Waals surface area (Å²) < 4.78 is 1.63. The van der Waals surface area contributed by atoms with E-state index in [1.54, 1.807) is 11.7 Å². The van der Waals surface area contributed by atoms with Crippen LogP contribution in [-0.4, -0.2) is 46.0 Å². The van der Waals surface area contributed by atoms with Crippen LogP contribution in [0.1, 0.15) is 41.9 Å². The van der Waals surface area contributed by atoms with Crippen molar-refractivity contribution in [2.45, 2.75) is 44.8 Å². The van der Waals surface area contributed by atoms with Crippen LogP contribution in [0.4, 0.5) is 0 Å². The molecule has 8 heteroatoms. The number of aliphatic hydroxyl groups excluding tert-OH is 1. The Bertz CT molecular complexity index is 581. The van der Waals surface area contributed by atoms with Gasteiger partial charge in [-0.2, -0.15) is 5.10 Å². The molecule has 6 nitrogen and oxygen atoms in total. The second-order valence-corrected chi connectivity index (χ2v) is 7.22. The molecule has 24 heavy (non-hydrogen) atoms. The fraction of sp³-hybridized carbons (Fsp3) is 0.750. The molecule has 0 spiro atoms. The first kappa shape index (κ1) is 19.5. The molecule has 0 radical (unpaired) electrons. The number of hydrogen-bond donors (Lipinski definition) is 3. The van der Waals surface area contributed by atoms with Crippen molar-refractivity contribution >= 4 is 29.9 Å². The average Bonchev–Trinajstić information content (AvgIpc) is 2.78. The molecular weight excluding hydrogens is 351 g/mol. The highest BCUT2D eigenvalue weighted by atomic mass is 35.5. The van der Waals surface area contributed by atoms with Gasteiger partial charge in [0.25, 0.3) is 5.91 Å². The van der Waals surface area contributed by atoms with Crippen LogP contribution in [0.25, 0.3) is 0 Å². The molecule has 2 aliphatic rings. The molecule has 1 unspecified atom stereocenters. The maximum atomic E-state index is 12.7. The number of carbonyl (C=O) groups is 1. The molecule has 2 heterocycles. The van der Waals surface area contributed by atoms with Gasteiger partial charge in [0, 0.05) is 13.1 Å². The highest BCUT2D eigenvalue weighted by molar-refractivity contribution is 6.34. The van der Waals surface area contributed by atoms with Gasteiger partial charge in [-0.3, -0.25) is 9.48 Å². The summed E-state index contributed by atoms with van der Waals surface area (Å²) in [6.45, 7) is 3.81. The third kappa shape index (κ3) is 3.87. The first-order chi connectivity index (χ1) is 11.0. The van der Waals surface area contributed by atoms with E-state index in [4.69, 9.17) is 11.6 Å². The fourth-order valence-electron chi connectivity index (χ4n) is 3.69. The van der Waals surface area contributed by atoms with Gasteiger partial charge in [0.1, 0.15) is 0 Å². The molecule has 0 aromatic carbocycles. The Kier molecular flexibility index (Phi) is 6.53. The van der Waals surface area contributed by atoms with Crippen LogP contribution >= 0.6 is 24.0 Å². The van der Waals surface area contributed by atoms with Crippen molar-refractivity contribution < 1.29 is 9.90 Å². The molecule has 1 aromatic heterocycles. The predicted molar refractivity (Wildman–Crippen MR) is 95.8 cm³/mol. The van der Waals surface area contributed by atoms with Gasteiger partial charge in [-0.25, -0.2) is 0 Å². The van der Waals surface area contributed by atoms with Crippen molar-refractivity contribution in [1.29, 1.82) is 0 Å². The van der Waals surface area contributed by atoms with Crippen molar-refractivity contribution in [2.75, 3.05) is 13.1 Å². The third-order valence-electron chi connectivity index (χ3n) is 5.32. The molecule has 1 aliphatic heterocycles. The van der Waals surface area contributed by atoms with E-state index in [0.717, 1.165) is 44.5 Å². The van der Waals surface area contributed by atoms with Gasteiger partial charge >= 0.3 is 0 Å². The minimum atomic E-state index is -0.221. The van der Waals surface area contributed by atoms with Crippen molar-refractivity contribution in [3.05, 3.63) is 16.4 Å². The van der Waals surface area contributed by atoms with E-state index >= 15 is 0 Å². The predicted octanol–water partition coefficient (Wildman–Crippen LogP) is 1.67. The lowest BCUT2D eigenvalue weighted by Gasteiger charge is -2.43. The van der Waals surface area contributed by atoms with Crippen LogP contribution in [-0.2, 0) is 7.05 Å². The summed E-state index contributed by atoms with van der Waals surface area (Å²) in [7, 11) is 1.78. The smallest absolute Gasteiger partial charge is 0.273 e. The molecule has 1 aromatic rings. The molecule has 1 saturated heterocycles. The van der Waals surface area contributed by atoms with Gasteiger partial charge in [-0.05, 0) is 57.5 Å². The molecule has 0 bridgehead atoms.